The molecule has 262 valence electrons. The number of carbonyl (C=O) groups excluding carboxylic acids is 2. The number of aromatic hydroxyl groups is 1. The molecule has 4 atom stereocenters. The van der Waals surface area contributed by atoms with Gasteiger partial charge in [0.1, 0.15) is 0 Å². The van der Waals surface area contributed by atoms with Gasteiger partial charge < -0.3 is 19.5 Å². The van der Waals surface area contributed by atoms with Gasteiger partial charge in [-0.1, -0.05) is 74.2 Å². The smallest absolute Gasteiger partial charge is 0.455 e. The third kappa shape index (κ3) is 7.82. The Kier molecular flexibility index (Phi) is 11.9. The second-order valence-corrected chi connectivity index (χ2v) is 15.4. The van der Waals surface area contributed by atoms with Gasteiger partial charge in [-0.15, -0.1) is 0 Å². The molecule has 10 heteroatoms. The SMILES string of the molecule is CCCC1=C2[C@@H](CC/C(=C/c3cc(I)c(O)c(OC)c3)CCC)OB(O)C[C@@H]2[C@@H]2C(=O)N(C3CCN(Cc4ccccc4)CC3)C(=O)[C@@H]2C1. The first-order valence-electron chi connectivity index (χ1n) is 18.2. The number of rotatable bonds is 12. The molecule has 3 saturated heterocycles. The van der Waals surface area contributed by atoms with Gasteiger partial charge in [0, 0.05) is 25.7 Å². The molecule has 0 radical (unpaired) electrons. The predicted octanol–water partition coefficient (Wildman–Crippen LogP) is 7.23. The summed E-state index contributed by atoms with van der Waals surface area (Å²) in [5.74, 6) is -0.411. The molecule has 3 heterocycles. The first-order valence-corrected chi connectivity index (χ1v) is 19.2. The standard InChI is InChI=1S/C39H50BIN2O6/c1-4-9-25(19-27-20-32(41)37(44)34(21-27)48-3)13-14-33-35-28(10-5-2)22-30-36(31(35)23-40(47)49-33)39(46)43(38(30)45)29-15-17-42(18-16-29)24-26-11-7-6-8-12-26/h6-8,11-12,19-21,29-31,33,36,44,47H,4-5,9-10,13-18,22-24H2,1-3H3/b25-19+/t30-,31+,33-,36-/m1/s1. The van der Waals surface area contributed by atoms with Crippen molar-refractivity contribution < 1.29 is 29.1 Å². The van der Waals surface area contributed by atoms with E-state index in [2.05, 4.69) is 71.7 Å². The maximum atomic E-state index is 14.3. The van der Waals surface area contributed by atoms with Crippen LogP contribution in [-0.2, 0) is 20.8 Å². The number of nitrogens with zero attached hydrogens (tertiary/aromatic N) is 2. The first-order chi connectivity index (χ1) is 23.7. The zero-order valence-electron chi connectivity index (χ0n) is 29.1. The lowest BCUT2D eigenvalue weighted by Crippen LogP contribution is -2.48. The van der Waals surface area contributed by atoms with E-state index in [-0.39, 0.29) is 41.5 Å². The van der Waals surface area contributed by atoms with Gasteiger partial charge in [0.2, 0.25) is 11.8 Å². The maximum absolute atomic E-state index is 14.3. The third-order valence-electron chi connectivity index (χ3n) is 11.0. The van der Waals surface area contributed by atoms with Crippen molar-refractivity contribution in [3.8, 4) is 11.5 Å². The number of ether oxygens (including phenoxy) is 1. The predicted molar refractivity (Wildman–Crippen MR) is 201 cm³/mol. The van der Waals surface area contributed by atoms with E-state index in [1.165, 1.54) is 22.3 Å². The number of fused-ring (bicyclic) bond motifs is 3. The highest BCUT2D eigenvalue weighted by molar-refractivity contribution is 14.1. The Hall–Kier alpha value is -2.67. The average Bonchev–Trinajstić information content (AvgIpc) is 3.34. The van der Waals surface area contributed by atoms with Gasteiger partial charge in [0.05, 0.1) is 28.6 Å². The molecule has 8 nitrogen and oxygen atoms in total. The molecular weight excluding hydrogens is 730 g/mol. The second-order valence-electron chi connectivity index (χ2n) is 14.3. The van der Waals surface area contributed by atoms with Gasteiger partial charge in [-0.05, 0) is 109 Å². The summed E-state index contributed by atoms with van der Waals surface area (Å²) in [6, 6.07) is 14.2. The molecule has 0 spiro atoms. The van der Waals surface area contributed by atoms with Crippen LogP contribution in [0.25, 0.3) is 6.08 Å². The summed E-state index contributed by atoms with van der Waals surface area (Å²) in [7, 11) is 0.585. The number of carbonyl (C=O) groups is 2. The van der Waals surface area contributed by atoms with Crippen LogP contribution in [0.3, 0.4) is 0 Å². The number of hydrogen-bond acceptors (Lipinski definition) is 7. The van der Waals surface area contributed by atoms with E-state index in [1.54, 1.807) is 12.0 Å². The fraction of sp³-hybridized carbons (Fsp3) is 0.538. The Balaban J connectivity index is 1.20. The molecule has 4 aliphatic rings. The van der Waals surface area contributed by atoms with E-state index in [9.17, 15) is 19.7 Å². The number of phenolic OH excluding ortho intramolecular Hbond substituents is 1. The molecule has 0 saturated carbocycles. The fourth-order valence-corrected chi connectivity index (χ4v) is 9.46. The van der Waals surface area contributed by atoms with Crippen LogP contribution in [0, 0.1) is 21.3 Å². The lowest BCUT2D eigenvalue weighted by Gasteiger charge is -2.43. The van der Waals surface area contributed by atoms with E-state index in [0.29, 0.717) is 24.9 Å². The topological polar surface area (TPSA) is 99.5 Å². The van der Waals surface area contributed by atoms with Crippen molar-refractivity contribution in [2.45, 2.75) is 96.6 Å². The number of hydrogen-bond donors (Lipinski definition) is 2. The normalized spacial score (nSPS) is 25.2. The summed E-state index contributed by atoms with van der Waals surface area (Å²) < 4.78 is 12.4. The summed E-state index contributed by atoms with van der Waals surface area (Å²) in [6.07, 6.45) is 9.61. The zero-order chi connectivity index (χ0) is 34.7. The minimum Gasteiger partial charge on any atom is -0.504 e. The number of phenols is 1. The number of halogens is 1. The Morgan fingerprint density at radius 2 is 1.82 bits per heavy atom. The van der Waals surface area contributed by atoms with E-state index in [0.717, 1.165) is 73.7 Å². The van der Waals surface area contributed by atoms with Gasteiger partial charge >= 0.3 is 7.12 Å². The zero-order valence-corrected chi connectivity index (χ0v) is 31.2. The minimum absolute atomic E-state index is 0.00572. The molecule has 49 heavy (non-hydrogen) atoms. The molecule has 2 amide bonds. The number of imide groups is 1. The number of methoxy groups -OCH3 is 1. The molecule has 3 aliphatic heterocycles. The molecule has 2 N–H and O–H groups in total. The number of piperidine rings is 1. The molecule has 3 fully saturated rings. The maximum Gasteiger partial charge on any atom is 0.455 e. The summed E-state index contributed by atoms with van der Waals surface area (Å²) in [6.45, 7) is 6.93. The van der Waals surface area contributed by atoms with Crippen molar-refractivity contribution in [3.05, 3.63) is 73.9 Å². The summed E-state index contributed by atoms with van der Waals surface area (Å²) in [4.78, 5) is 32.5. The van der Waals surface area contributed by atoms with Crippen LogP contribution < -0.4 is 4.74 Å². The largest absolute Gasteiger partial charge is 0.504 e. The van der Waals surface area contributed by atoms with Crippen LogP contribution in [-0.4, -0.2) is 71.2 Å². The second kappa shape index (κ2) is 16.1. The van der Waals surface area contributed by atoms with Crippen molar-refractivity contribution in [2.75, 3.05) is 20.2 Å². The molecule has 0 bridgehead atoms. The highest BCUT2D eigenvalue weighted by atomic mass is 127. The molecule has 0 unspecified atom stereocenters. The average molecular weight is 781 g/mol. The van der Waals surface area contributed by atoms with Crippen LogP contribution in [0.4, 0.5) is 0 Å². The van der Waals surface area contributed by atoms with Crippen molar-refractivity contribution in [2.24, 2.45) is 17.8 Å². The van der Waals surface area contributed by atoms with E-state index in [1.807, 2.05) is 18.2 Å². The van der Waals surface area contributed by atoms with E-state index >= 15 is 0 Å². The van der Waals surface area contributed by atoms with E-state index < -0.39 is 13.0 Å². The lowest BCUT2D eigenvalue weighted by atomic mass is 9.58. The molecule has 0 aromatic heterocycles. The Morgan fingerprint density at radius 1 is 1.06 bits per heavy atom. The molecule has 2 aromatic carbocycles. The molecular formula is C39H50BIN2O6. The summed E-state index contributed by atoms with van der Waals surface area (Å²) >= 11 is 2.12. The van der Waals surface area contributed by atoms with Gasteiger partial charge in [-0.25, -0.2) is 0 Å². The highest BCUT2D eigenvalue weighted by Crippen LogP contribution is 2.52. The Labute approximate surface area is 305 Å². The molecule has 6 rings (SSSR count). The lowest BCUT2D eigenvalue weighted by molar-refractivity contribution is -0.144. The summed E-state index contributed by atoms with van der Waals surface area (Å²) in [5.41, 5.74) is 5.94. The third-order valence-corrected chi connectivity index (χ3v) is 11.8. The quantitative estimate of drug-likeness (QED) is 0.102. The van der Waals surface area contributed by atoms with Crippen molar-refractivity contribution in [1.82, 2.24) is 9.80 Å². The monoisotopic (exact) mass is 780 g/mol. The number of allylic oxidation sites excluding steroid dienone is 2. The Bertz CT molecular complexity index is 1570. The highest BCUT2D eigenvalue weighted by Gasteiger charge is 2.58. The number of likely N-dealkylation sites (tertiary alicyclic amines) is 2. The van der Waals surface area contributed by atoms with Gasteiger partial charge in [-0.2, -0.15) is 0 Å². The first kappa shape index (κ1) is 36.1. The van der Waals surface area contributed by atoms with Crippen molar-refractivity contribution in [3.63, 3.8) is 0 Å². The van der Waals surface area contributed by atoms with Crippen LogP contribution >= 0.6 is 22.6 Å². The van der Waals surface area contributed by atoms with E-state index in [4.69, 9.17) is 9.39 Å². The Morgan fingerprint density at radius 3 is 2.51 bits per heavy atom. The van der Waals surface area contributed by atoms with Gasteiger partial charge in [0.15, 0.2) is 11.5 Å². The van der Waals surface area contributed by atoms with Crippen LogP contribution in [0.1, 0.15) is 82.8 Å². The number of benzene rings is 2. The number of amides is 2. The van der Waals surface area contributed by atoms with Gasteiger partial charge in [0.25, 0.3) is 0 Å². The van der Waals surface area contributed by atoms with Crippen LogP contribution in [0.15, 0.2) is 59.2 Å². The van der Waals surface area contributed by atoms with Crippen LogP contribution in [0.5, 0.6) is 11.5 Å². The van der Waals surface area contributed by atoms with Crippen molar-refractivity contribution in [1.29, 1.82) is 0 Å². The molecule has 2 aromatic rings. The van der Waals surface area contributed by atoms with Gasteiger partial charge in [-0.3, -0.25) is 19.4 Å². The molecule has 1 aliphatic carbocycles. The van der Waals surface area contributed by atoms with Crippen LogP contribution in [0.2, 0.25) is 6.32 Å². The van der Waals surface area contributed by atoms with Crippen molar-refractivity contribution >= 4 is 47.6 Å². The summed E-state index contributed by atoms with van der Waals surface area (Å²) in [5, 5.41) is 21.4. The fourth-order valence-electron chi connectivity index (χ4n) is 8.84. The minimum atomic E-state index is -0.972.